The van der Waals surface area contributed by atoms with Gasteiger partial charge >= 0.3 is 11.7 Å². The lowest BCUT2D eigenvalue weighted by Crippen LogP contribution is -2.24. The van der Waals surface area contributed by atoms with Crippen molar-refractivity contribution >= 4 is 17.5 Å². The first-order valence-corrected chi connectivity index (χ1v) is 6.53. The van der Waals surface area contributed by atoms with Crippen molar-refractivity contribution in [2.24, 2.45) is 11.8 Å². The first kappa shape index (κ1) is 14.2. The van der Waals surface area contributed by atoms with E-state index >= 15 is 0 Å². The highest BCUT2D eigenvalue weighted by Gasteiger charge is 2.31. The van der Waals surface area contributed by atoms with Crippen LogP contribution in [0.3, 0.4) is 0 Å². The van der Waals surface area contributed by atoms with Crippen molar-refractivity contribution in [3.05, 3.63) is 27.9 Å². The van der Waals surface area contributed by atoms with E-state index < -0.39 is 10.9 Å². The van der Waals surface area contributed by atoms with Crippen LogP contribution in [-0.4, -0.2) is 34.1 Å². The van der Waals surface area contributed by atoms with Crippen molar-refractivity contribution in [2.45, 2.75) is 20.3 Å². The molecular formula is C13H17N3O4. The minimum atomic E-state index is -1.18. The molecule has 20 heavy (non-hydrogen) atoms. The number of carboxylic acid groups (broad SMARTS) is 1. The van der Waals surface area contributed by atoms with E-state index in [1.807, 2.05) is 4.90 Å². The van der Waals surface area contributed by atoms with Gasteiger partial charge in [0.1, 0.15) is 0 Å². The molecule has 1 saturated heterocycles. The molecule has 0 bridgehead atoms. The van der Waals surface area contributed by atoms with Crippen molar-refractivity contribution in [3.8, 4) is 0 Å². The number of anilines is 1. The van der Waals surface area contributed by atoms with Crippen molar-refractivity contribution in [2.75, 3.05) is 18.0 Å². The number of nitrogens with zero attached hydrogens (tertiary/aromatic N) is 3. The fraction of sp³-hybridized carbons (Fsp3) is 0.538. The van der Waals surface area contributed by atoms with Crippen LogP contribution in [-0.2, 0) is 0 Å². The monoisotopic (exact) mass is 279 g/mol. The Morgan fingerprint density at radius 3 is 2.75 bits per heavy atom. The molecule has 1 aromatic heterocycles. The Bertz CT molecular complexity index is 544. The van der Waals surface area contributed by atoms with Gasteiger partial charge in [-0.25, -0.2) is 9.78 Å². The van der Waals surface area contributed by atoms with E-state index in [-0.39, 0.29) is 17.2 Å². The summed E-state index contributed by atoms with van der Waals surface area (Å²) < 4.78 is 0. The predicted octanol–water partition coefficient (Wildman–Crippen LogP) is 2.17. The molecule has 1 N–H and O–H groups in total. The van der Waals surface area contributed by atoms with Gasteiger partial charge in [0.25, 0.3) is 0 Å². The normalized spacial score (nSPS) is 18.6. The lowest BCUT2D eigenvalue weighted by Gasteiger charge is -2.19. The average Bonchev–Trinajstić information content (AvgIpc) is 2.87. The first-order chi connectivity index (χ1) is 9.40. The quantitative estimate of drug-likeness (QED) is 0.670. The second kappa shape index (κ2) is 5.44. The number of rotatable bonds is 4. The predicted molar refractivity (Wildman–Crippen MR) is 73.0 cm³/mol. The molecule has 1 atom stereocenters. The zero-order valence-corrected chi connectivity index (χ0v) is 11.4. The minimum Gasteiger partial charge on any atom is -0.477 e. The van der Waals surface area contributed by atoms with Crippen LogP contribution in [0.2, 0.25) is 0 Å². The van der Waals surface area contributed by atoms with Gasteiger partial charge < -0.3 is 10.0 Å². The number of pyridine rings is 1. The number of nitro groups is 1. The highest BCUT2D eigenvalue weighted by molar-refractivity contribution is 5.86. The van der Waals surface area contributed by atoms with Crippen LogP contribution in [0.1, 0.15) is 30.8 Å². The summed E-state index contributed by atoms with van der Waals surface area (Å²) in [5, 5.41) is 20.0. The molecule has 1 aliphatic rings. The maximum Gasteiger partial charge on any atom is 0.354 e. The summed E-state index contributed by atoms with van der Waals surface area (Å²) in [5.74, 6) is -0.0783. The van der Waals surface area contributed by atoms with Crippen LogP contribution < -0.4 is 4.90 Å². The molecule has 1 fully saturated rings. The van der Waals surface area contributed by atoms with Crippen LogP contribution in [0.25, 0.3) is 0 Å². The van der Waals surface area contributed by atoms with Gasteiger partial charge in [-0.1, -0.05) is 13.8 Å². The molecule has 108 valence electrons. The zero-order valence-electron chi connectivity index (χ0n) is 11.4. The molecule has 2 heterocycles. The van der Waals surface area contributed by atoms with Gasteiger partial charge in [-0.2, -0.15) is 0 Å². The first-order valence-electron chi connectivity index (χ1n) is 6.53. The van der Waals surface area contributed by atoms with E-state index in [1.165, 1.54) is 12.1 Å². The van der Waals surface area contributed by atoms with E-state index in [2.05, 4.69) is 18.8 Å². The molecule has 2 rings (SSSR count). The zero-order chi connectivity index (χ0) is 14.9. The number of hydrogen-bond donors (Lipinski definition) is 1. The van der Waals surface area contributed by atoms with Gasteiger partial charge in [0.2, 0.25) is 5.82 Å². The number of hydrogen-bond acceptors (Lipinski definition) is 5. The van der Waals surface area contributed by atoms with Crippen LogP contribution in [0.4, 0.5) is 11.5 Å². The Hall–Kier alpha value is -2.18. The van der Waals surface area contributed by atoms with Gasteiger partial charge in [0.15, 0.2) is 5.69 Å². The van der Waals surface area contributed by atoms with Gasteiger partial charge in [-0.15, -0.1) is 0 Å². The van der Waals surface area contributed by atoms with E-state index in [4.69, 9.17) is 5.11 Å². The van der Waals surface area contributed by atoms with Crippen molar-refractivity contribution in [1.29, 1.82) is 0 Å². The second-order valence-corrected chi connectivity index (χ2v) is 5.34. The third kappa shape index (κ3) is 2.71. The van der Waals surface area contributed by atoms with Crippen LogP contribution in [0.15, 0.2) is 12.1 Å². The Kier molecular flexibility index (Phi) is 3.87. The lowest BCUT2D eigenvalue weighted by molar-refractivity contribution is -0.384. The molecule has 0 saturated carbocycles. The molecule has 1 aromatic rings. The summed E-state index contributed by atoms with van der Waals surface area (Å²) in [7, 11) is 0. The molecular weight excluding hydrogens is 262 g/mol. The van der Waals surface area contributed by atoms with E-state index in [1.54, 1.807) is 0 Å². The third-order valence-electron chi connectivity index (χ3n) is 3.74. The lowest BCUT2D eigenvalue weighted by atomic mass is 9.95. The molecule has 0 spiro atoms. The van der Waals surface area contributed by atoms with Crippen molar-refractivity contribution < 1.29 is 14.8 Å². The average molecular weight is 279 g/mol. The van der Waals surface area contributed by atoms with Crippen molar-refractivity contribution in [3.63, 3.8) is 0 Å². The summed E-state index contributed by atoms with van der Waals surface area (Å²) in [4.78, 5) is 27.3. The highest BCUT2D eigenvalue weighted by Crippen LogP contribution is 2.32. The Labute approximate surface area is 116 Å². The van der Waals surface area contributed by atoms with E-state index in [9.17, 15) is 14.9 Å². The molecule has 1 unspecified atom stereocenters. The van der Waals surface area contributed by atoms with Crippen molar-refractivity contribution in [1.82, 2.24) is 4.98 Å². The number of aromatic carboxylic acids is 1. The van der Waals surface area contributed by atoms with Crippen LogP contribution in [0, 0.1) is 22.0 Å². The van der Waals surface area contributed by atoms with E-state index in [0.29, 0.717) is 24.9 Å². The number of carbonyl (C=O) groups is 1. The summed E-state index contributed by atoms with van der Waals surface area (Å²) in [6, 6.07) is 2.38. The Morgan fingerprint density at radius 1 is 1.55 bits per heavy atom. The van der Waals surface area contributed by atoms with Gasteiger partial charge in [0.05, 0.1) is 4.92 Å². The van der Waals surface area contributed by atoms with Crippen LogP contribution in [0.5, 0.6) is 0 Å². The van der Waals surface area contributed by atoms with Gasteiger partial charge in [-0.05, 0) is 24.3 Å². The fourth-order valence-corrected chi connectivity index (χ4v) is 2.46. The molecule has 0 amide bonds. The number of aromatic nitrogens is 1. The molecule has 7 heteroatoms. The summed E-state index contributed by atoms with van der Waals surface area (Å²) in [6.07, 6.45) is 0.938. The van der Waals surface area contributed by atoms with Gasteiger partial charge in [0, 0.05) is 19.2 Å². The maximum absolute atomic E-state index is 11.1. The minimum absolute atomic E-state index is 0.139. The fourth-order valence-electron chi connectivity index (χ4n) is 2.46. The SMILES string of the molecule is CC(C)C1CCN(c2nc(C(=O)O)ccc2[N+](=O)[O-])C1. The molecule has 0 aliphatic carbocycles. The molecule has 7 nitrogen and oxygen atoms in total. The molecule has 0 aromatic carbocycles. The van der Waals surface area contributed by atoms with E-state index in [0.717, 1.165) is 6.42 Å². The Balaban J connectivity index is 2.36. The topological polar surface area (TPSA) is 96.6 Å². The largest absolute Gasteiger partial charge is 0.477 e. The second-order valence-electron chi connectivity index (χ2n) is 5.34. The van der Waals surface area contributed by atoms with Crippen LogP contribution >= 0.6 is 0 Å². The molecule has 1 aliphatic heterocycles. The third-order valence-corrected chi connectivity index (χ3v) is 3.74. The number of carboxylic acids is 1. The standard InChI is InChI=1S/C13H17N3O4/c1-8(2)9-5-6-15(7-9)12-11(16(19)20)4-3-10(14-12)13(17)18/h3-4,8-9H,5-7H2,1-2H3,(H,17,18). The summed E-state index contributed by atoms with van der Waals surface area (Å²) >= 11 is 0. The Morgan fingerprint density at radius 2 is 2.25 bits per heavy atom. The smallest absolute Gasteiger partial charge is 0.354 e. The summed E-state index contributed by atoms with van der Waals surface area (Å²) in [5.41, 5.74) is -0.307. The highest BCUT2D eigenvalue weighted by atomic mass is 16.6. The molecule has 0 radical (unpaired) electrons. The van der Waals surface area contributed by atoms with Gasteiger partial charge in [-0.3, -0.25) is 10.1 Å². The maximum atomic E-state index is 11.1. The summed E-state index contributed by atoms with van der Waals surface area (Å²) in [6.45, 7) is 5.57.